The Balaban J connectivity index is 1.85. The van der Waals surface area contributed by atoms with Crippen molar-refractivity contribution in [3.63, 3.8) is 0 Å². The summed E-state index contributed by atoms with van der Waals surface area (Å²) in [6, 6.07) is 3.70. The van der Waals surface area contributed by atoms with E-state index in [1.807, 2.05) is 29.2 Å². The number of allylic oxidation sites excluding steroid dienone is 1. The molecule has 3 rings (SSSR count). The molecule has 1 aliphatic carbocycles. The van der Waals surface area contributed by atoms with Gasteiger partial charge in [0, 0.05) is 0 Å². The minimum atomic E-state index is -0.416. The van der Waals surface area contributed by atoms with Crippen LogP contribution >= 0.6 is 0 Å². The normalized spacial score (nSPS) is 19.9. The molecule has 0 saturated heterocycles. The molecule has 0 amide bonds. The summed E-state index contributed by atoms with van der Waals surface area (Å²) >= 11 is 0.124. The molecule has 0 radical (unpaired) electrons. The van der Waals surface area contributed by atoms with Gasteiger partial charge in [0.1, 0.15) is 0 Å². The Morgan fingerprint density at radius 1 is 1.43 bits per heavy atom. The molecule has 1 N–H and O–H groups in total. The van der Waals surface area contributed by atoms with Gasteiger partial charge in [0.2, 0.25) is 0 Å². The predicted molar refractivity (Wildman–Crippen MR) is 86.6 cm³/mol. The van der Waals surface area contributed by atoms with Crippen LogP contribution in [0.5, 0.6) is 0 Å². The Morgan fingerprint density at radius 3 is 2.96 bits per heavy atom. The van der Waals surface area contributed by atoms with Gasteiger partial charge in [-0.05, 0) is 0 Å². The van der Waals surface area contributed by atoms with E-state index in [-0.39, 0.29) is 38.0 Å². The summed E-state index contributed by atoms with van der Waals surface area (Å²) in [7, 11) is 0. The van der Waals surface area contributed by atoms with E-state index in [0.29, 0.717) is 18.6 Å². The minimum absolute atomic E-state index is 0.0859. The summed E-state index contributed by atoms with van der Waals surface area (Å²) in [5, 5.41) is 0. The Hall–Kier alpha value is -2.11. The van der Waals surface area contributed by atoms with E-state index in [1.54, 1.807) is 10.8 Å². The van der Waals surface area contributed by atoms with Gasteiger partial charge in [-0.3, -0.25) is 0 Å². The molecule has 7 heteroatoms. The van der Waals surface area contributed by atoms with E-state index in [9.17, 15) is 14.4 Å². The molecule has 2 aromatic heterocycles. The molecule has 2 aromatic rings. The fraction of sp³-hybridized carbons (Fsp3) is 0.312. The average Bonchev–Trinajstić information content (AvgIpc) is 3.16. The maximum atomic E-state index is 12.1. The van der Waals surface area contributed by atoms with E-state index < -0.39 is 5.69 Å². The summed E-state index contributed by atoms with van der Waals surface area (Å²) in [5.41, 5.74) is -0.214. The molecule has 0 saturated carbocycles. The number of nitrogens with zero attached hydrogens (tertiary/aromatic N) is 1. The Bertz CT molecular complexity index is 848. The number of aromatic nitrogens is 2. The average molecular weight is 379 g/mol. The van der Waals surface area contributed by atoms with Gasteiger partial charge in [0.15, 0.2) is 0 Å². The number of ether oxygens (including phenoxy) is 1. The number of carbonyl (C=O) groups excluding carboxylic acids is 1. The molecular formula is C16H16N2O4Se. The zero-order valence-corrected chi connectivity index (χ0v) is 14.2. The van der Waals surface area contributed by atoms with Gasteiger partial charge < -0.3 is 0 Å². The summed E-state index contributed by atoms with van der Waals surface area (Å²) in [5.74, 6) is -0.226. The molecule has 0 spiro atoms. The van der Waals surface area contributed by atoms with Crippen molar-refractivity contribution in [3.05, 3.63) is 56.3 Å². The van der Waals surface area contributed by atoms with Crippen LogP contribution in [0.2, 0.25) is 0 Å². The third kappa shape index (κ3) is 3.46. The maximum absolute atomic E-state index is 12.1. The van der Waals surface area contributed by atoms with Crippen LogP contribution in [0.3, 0.4) is 0 Å². The van der Waals surface area contributed by atoms with Crippen molar-refractivity contribution < 1.29 is 9.53 Å². The van der Waals surface area contributed by atoms with Crippen LogP contribution in [0.15, 0.2) is 45.0 Å². The van der Waals surface area contributed by atoms with Crippen molar-refractivity contribution in [2.75, 3.05) is 6.61 Å². The molecule has 2 heterocycles. The van der Waals surface area contributed by atoms with Gasteiger partial charge in [0.05, 0.1) is 0 Å². The molecule has 0 unspecified atom stereocenters. The second-order valence-corrected chi connectivity index (χ2v) is 7.43. The number of hydrogen-bond acceptors (Lipinski definition) is 4. The summed E-state index contributed by atoms with van der Waals surface area (Å²) in [4.78, 5) is 39.5. The van der Waals surface area contributed by atoms with Crippen LogP contribution in [0.25, 0.3) is 10.0 Å². The number of H-pyrrole nitrogens is 1. The zero-order chi connectivity index (χ0) is 16.4. The van der Waals surface area contributed by atoms with Crippen molar-refractivity contribution in [2.45, 2.75) is 19.4 Å². The van der Waals surface area contributed by atoms with E-state index in [0.717, 1.165) is 4.44 Å². The fourth-order valence-corrected chi connectivity index (χ4v) is 4.18. The molecule has 120 valence electrons. The van der Waals surface area contributed by atoms with Crippen LogP contribution in [0.4, 0.5) is 0 Å². The van der Waals surface area contributed by atoms with Gasteiger partial charge in [-0.2, -0.15) is 0 Å². The van der Waals surface area contributed by atoms with Crippen molar-refractivity contribution in [1.29, 1.82) is 0 Å². The summed E-state index contributed by atoms with van der Waals surface area (Å²) < 4.78 is 7.53. The molecule has 0 aliphatic heterocycles. The molecule has 23 heavy (non-hydrogen) atoms. The van der Waals surface area contributed by atoms with Gasteiger partial charge in [-0.1, -0.05) is 0 Å². The molecular weight excluding hydrogens is 363 g/mol. The van der Waals surface area contributed by atoms with Gasteiger partial charge in [0.25, 0.3) is 0 Å². The van der Waals surface area contributed by atoms with E-state index in [2.05, 4.69) is 4.98 Å². The number of nitrogens with one attached hydrogen (secondary N) is 1. The van der Waals surface area contributed by atoms with Crippen molar-refractivity contribution in [1.82, 2.24) is 9.55 Å². The third-order valence-corrected chi connectivity index (χ3v) is 5.66. The standard InChI is InChI=1S/C16H16N2O4Se/c1-10(19)22-9-11-4-5-12(7-11)18-8-13(14-3-2-6-23-14)15(20)17-16(18)21/h2-6,8,11-12H,7,9H2,1H3,(H,17,20,21)/t11-,12+/m0/s1. The SMILES string of the molecule is CC(=O)OC[C@H]1C=C[C@@H](n2cc(-c3ccc[se]3)c(=O)[nH]c2=O)C1. The first-order valence-electron chi connectivity index (χ1n) is 7.25. The molecule has 0 bridgehead atoms. The summed E-state index contributed by atoms with van der Waals surface area (Å²) in [6.07, 6.45) is 6.18. The van der Waals surface area contributed by atoms with E-state index in [4.69, 9.17) is 4.74 Å². The van der Waals surface area contributed by atoms with Crippen LogP contribution in [0, 0.1) is 5.92 Å². The van der Waals surface area contributed by atoms with Gasteiger partial charge in [-0.15, -0.1) is 0 Å². The van der Waals surface area contributed by atoms with Crippen molar-refractivity contribution >= 4 is 20.5 Å². The second-order valence-electron chi connectivity index (χ2n) is 5.44. The van der Waals surface area contributed by atoms with E-state index >= 15 is 0 Å². The molecule has 0 fully saturated rings. The quantitative estimate of drug-likeness (QED) is 0.487. The molecule has 0 aromatic carbocycles. The molecule has 2 atom stereocenters. The number of carbonyl (C=O) groups is 1. The van der Waals surface area contributed by atoms with E-state index in [1.165, 1.54) is 6.92 Å². The Labute approximate surface area is 138 Å². The van der Waals surface area contributed by atoms with Crippen molar-refractivity contribution in [3.8, 4) is 10.0 Å². The summed E-state index contributed by atoms with van der Waals surface area (Å²) in [6.45, 7) is 1.69. The first kappa shape index (κ1) is 15.8. The third-order valence-electron chi connectivity index (χ3n) is 3.76. The van der Waals surface area contributed by atoms with Crippen LogP contribution < -0.4 is 11.2 Å². The number of aromatic amines is 1. The van der Waals surface area contributed by atoms with Crippen LogP contribution in [-0.2, 0) is 9.53 Å². The fourth-order valence-electron chi connectivity index (χ4n) is 2.65. The Kier molecular flexibility index (Phi) is 4.50. The zero-order valence-electron chi connectivity index (χ0n) is 12.5. The monoisotopic (exact) mass is 380 g/mol. The van der Waals surface area contributed by atoms with Crippen molar-refractivity contribution in [2.24, 2.45) is 5.92 Å². The van der Waals surface area contributed by atoms with Crippen LogP contribution in [-0.4, -0.2) is 36.6 Å². The topological polar surface area (TPSA) is 81.2 Å². The number of hydrogen-bond donors (Lipinski definition) is 1. The van der Waals surface area contributed by atoms with Gasteiger partial charge >= 0.3 is 138 Å². The predicted octanol–water partition coefficient (Wildman–Crippen LogP) is 0.941. The van der Waals surface area contributed by atoms with Gasteiger partial charge in [-0.25, -0.2) is 0 Å². The first-order valence-corrected chi connectivity index (χ1v) is 9.10. The number of esters is 1. The second kappa shape index (κ2) is 6.56. The number of rotatable bonds is 4. The van der Waals surface area contributed by atoms with Crippen LogP contribution in [0.1, 0.15) is 19.4 Å². The molecule has 1 aliphatic rings. The molecule has 6 nitrogen and oxygen atoms in total. The first-order chi connectivity index (χ1) is 11.0. The Morgan fingerprint density at radius 2 is 2.26 bits per heavy atom.